The summed E-state index contributed by atoms with van der Waals surface area (Å²) in [6.45, 7) is 0. The molecule has 0 unspecified atom stereocenters. The average molecular weight is 166 g/mol. The summed E-state index contributed by atoms with van der Waals surface area (Å²) in [5.74, 6) is 1.10. The molecular weight excluding hydrogens is 152 g/mol. The fraction of sp³-hybridized carbons (Fsp3) is 0.900. The van der Waals surface area contributed by atoms with E-state index in [4.69, 9.17) is 5.11 Å². The lowest BCUT2D eigenvalue weighted by atomic mass is 9.91. The molecule has 3 aliphatic rings. The predicted molar refractivity (Wildman–Crippen MR) is 43.6 cm³/mol. The van der Waals surface area contributed by atoms with Gasteiger partial charge < -0.3 is 5.11 Å². The Morgan fingerprint density at radius 2 is 1.67 bits per heavy atom. The maximum atomic E-state index is 10.8. The van der Waals surface area contributed by atoms with Gasteiger partial charge in [-0.3, -0.25) is 4.79 Å². The van der Waals surface area contributed by atoms with Crippen molar-refractivity contribution in [1.82, 2.24) is 0 Å². The molecule has 2 nitrogen and oxygen atoms in total. The first kappa shape index (κ1) is 6.93. The molecule has 1 atom stereocenters. The van der Waals surface area contributed by atoms with E-state index in [2.05, 4.69) is 0 Å². The number of carboxylic acid groups (broad SMARTS) is 1. The van der Waals surface area contributed by atoms with Crippen molar-refractivity contribution in [3.05, 3.63) is 0 Å². The van der Waals surface area contributed by atoms with E-state index < -0.39 is 5.97 Å². The van der Waals surface area contributed by atoms with Gasteiger partial charge in [0.15, 0.2) is 0 Å². The molecule has 0 aromatic rings. The van der Waals surface area contributed by atoms with Gasteiger partial charge in [0.1, 0.15) is 0 Å². The van der Waals surface area contributed by atoms with Crippen LogP contribution in [0.3, 0.4) is 0 Å². The Morgan fingerprint density at radius 3 is 1.92 bits per heavy atom. The second-order valence-corrected chi connectivity index (χ2v) is 4.76. The van der Waals surface area contributed by atoms with Gasteiger partial charge in [0.2, 0.25) is 0 Å². The van der Waals surface area contributed by atoms with Gasteiger partial charge in [-0.15, -0.1) is 0 Å². The molecule has 0 saturated heterocycles. The van der Waals surface area contributed by atoms with Crippen LogP contribution in [0.1, 0.15) is 32.1 Å². The van der Waals surface area contributed by atoms with E-state index in [1.807, 2.05) is 0 Å². The molecule has 2 heteroatoms. The van der Waals surface area contributed by atoms with E-state index in [1.54, 1.807) is 0 Å². The summed E-state index contributed by atoms with van der Waals surface area (Å²) in [5, 5.41) is 8.94. The lowest BCUT2D eigenvalue weighted by Gasteiger charge is -2.13. The van der Waals surface area contributed by atoms with Crippen LogP contribution >= 0.6 is 0 Å². The number of rotatable bonds is 3. The highest BCUT2D eigenvalue weighted by atomic mass is 16.4. The van der Waals surface area contributed by atoms with Crippen molar-refractivity contribution in [1.29, 1.82) is 0 Å². The number of carboxylic acids is 1. The van der Waals surface area contributed by atoms with Gasteiger partial charge in [-0.2, -0.15) is 0 Å². The van der Waals surface area contributed by atoms with E-state index in [0.29, 0.717) is 5.41 Å². The zero-order valence-corrected chi connectivity index (χ0v) is 7.12. The van der Waals surface area contributed by atoms with Crippen molar-refractivity contribution in [2.24, 2.45) is 23.2 Å². The van der Waals surface area contributed by atoms with E-state index in [-0.39, 0.29) is 5.92 Å². The van der Waals surface area contributed by atoms with Crippen LogP contribution in [-0.2, 0) is 4.79 Å². The zero-order chi connectivity index (χ0) is 8.34. The van der Waals surface area contributed by atoms with Crippen LogP contribution in [0, 0.1) is 23.2 Å². The third-order valence-electron chi connectivity index (χ3n) is 4.02. The lowest BCUT2D eigenvalue weighted by Crippen LogP contribution is -2.14. The first-order chi connectivity index (χ1) is 5.75. The number of hydrogen-bond acceptors (Lipinski definition) is 1. The Kier molecular flexibility index (Phi) is 1.07. The van der Waals surface area contributed by atoms with E-state index in [1.165, 1.54) is 25.7 Å². The van der Waals surface area contributed by atoms with Gasteiger partial charge >= 0.3 is 5.97 Å². The smallest absolute Gasteiger partial charge is 0.307 e. The van der Waals surface area contributed by atoms with Gasteiger partial charge in [-0.1, -0.05) is 0 Å². The van der Waals surface area contributed by atoms with Crippen LogP contribution in [0.25, 0.3) is 0 Å². The fourth-order valence-corrected chi connectivity index (χ4v) is 3.09. The second kappa shape index (κ2) is 1.86. The minimum absolute atomic E-state index is 0.0394. The summed E-state index contributed by atoms with van der Waals surface area (Å²) in [6.07, 6.45) is 6.22. The largest absolute Gasteiger partial charge is 0.481 e. The van der Waals surface area contributed by atoms with Crippen molar-refractivity contribution < 1.29 is 9.90 Å². The summed E-state index contributed by atoms with van der Waals surface area (Å²) in [6, 6.07) is 0. The summed E-state index contributed by atoms with van der Waals surface area (Å²) in [4.78, 5) is 10.8. The molecule has 3 fully saturated rings. The summed E-state index contributed by atoms with van der Waals surface area (Å²) < 4.78 is 0. The van der Waals surface area contributed by atoms with Crippen LogP contribution in [0.15, 0.2) is 0 Å². The van der Waals surface area contributed by atoms with E-state index >= 15 is 0 Å². The van der Waals surface area contributed by atoms with Gasteiger partial charge in [0.25, 0.3) is 0 Å². The quantitative estimate of drug-likeness (QED) is 0.695. The molecule has 1 N–H and O–H groups in total. The maximum Gasteiger partial charge on any atom is 0.307 e. The van der Waals surface area contributed by atoms with Crippen molar-refractivity contribution in [2.75, 3.05) is 0 Å². The molecule has 66 valence electrons. The van der Waals surface area contributed by atoms with Crippen molar-refractivity contribution in [3.8, 4) is 0 Å². The highest BCUT2D eigenvalue weighted by Gasteiger charge is 2.70. The van der Waals surface area contributed by atoms with Crippen molar-refractivity contribution in [2.45, 2.75) is 32.1 Å². The molecule has 0 radical (unpaired) electrons. The molecule has 0 bridgehead atoms. The molecule has 3 rings (SSSR count). The van der Waals surface area contributed by atoms with Crippen LogP contribution in [-0.4, -0.2) is 11.1 Å². The standard InChI is InChI=1S/C10H14O2/c11-9(12)8-5-10(8,6-1-2-6)7-3-4-7/h6-8H,1-5H2,(H,11,12)/t8-/m1/s1. The number of hydrogen-bond donors (Lipinski definition) is 1. The molecule has 0 aliphatic heterocycles. The van der Waals surface area contributed by atoms with Crippen LogP contribution in [0.4, 0.5) is 0 Å². The topological polar surface area (TPSA) is 37.3 Å². The van der Waals surface area contributed by atoms with Gasteiger partial charge in [0.05, 0.1) is 5.92 Å². The van der Waals surface area contributed by atoms with E-state index in [9.17, 15) is 4.79 Å². The minimum Gasteiger partial charge on any atom is -0.481 e. The third kappa shape index (κ3) is 0.732. The summed E-state index contributed by atoms with van der Waals surface area (Å²) in [5.41, 5.74) is 0.311. The monoisotopic (exact) mass is 166 g/mol. The first-order valence-corrected chi connectivity index (χ1v) is 4.98. The Hall–Kier alpha value is -0.530. The summed E-state index contributed by atoms with van der Waals surface area (Å²) >= 11 is 0. The van der Waals surface area contributed by atoms with Crippen molar-refractivity contribution in [3.63, 3.8) is 0 Å². The van der Waals surface area contributed by atoms with Gasteiger partial charge in [0, 0.05) is 0 Å². The molecule has 12 heavy (non-hydrogen) atoms. The molecule has 0 aromatic heterocycles. The lowest BCUT2D eigenvalue weighted by molar-refractivity contribution is -0.139. The Bertz CT molecular complexity index is 226. The highest BCUT2D eigenvalue weighted by Crippen LogP contribution is 2.74. The fourth-order valence-electron chi connectivity index (χ4n) is 3.09. The summed E-state index contributed by atoms with van der Waals surface area (Å²) in [7, 11) is 0. The normalized spacial score (nSPS) is 37.8. The number of carbonyl (C=O) groups is 1. The van der Waals surface area contributed by atoms with Crippen LogP contribution < -0.4 is 0 Å². The average Bonchev–Trinajstić information content (AvgIpc) is 2.86. The maximum absolute atomic E-state index is 10.8. The second-order valence-electron chi connectivity index (χ2n) is 4.76. The first-order valence-electron chi connectivity index (χ1n) is 4.98. The molecule has 0 heterocycles. The molecule has 0 aromatic carbocycles. The predicted octanol–water partition coefficient (Wildman–Crippen LogP) is 1.90. The Morgan fingerprint density at radius 1 is 1.17 bits per heavy atom. The van der Waals surface area contributed by atoms with Gasteiger partial charge in [-0.25, -0.2) is 0 Å². The van der Waals surface area contributed by atoms with Crippen molar-refractivity contribution >= 4 is 5.97 Å². The molecule has 0 amide bonds. The van der Waals surface area contributed by atoms with E-state index in [0.717, 1.165) is 18.3 Å². The molecule has 0 spiro atoms. The molecule has 3 saturated carbocycles. The van der Waals surface area contributed by atoms with Crippen LogP contribution in [0.5, 0.6) is 0 Å². The molecular formula is C10H14O2. The Labute approximate surface area is 72.0 Å². The van der Waals surface area contributed by atoms with Crippen LogP contribution in [0.2, 0.25) is 0 Å². The highest BCUT2D eigenvalue weighted by molar-refractivity contribution is 5.75. The SMILES string of the molecule is O=C(O)[C@H]1CC1(C1CC1)C1CC1. The van der Waals surface area contributed by atoms with Gasteiger partial charge in [-0.05, 0) is 49.4 Å². The minimum atomic E-state index is -0.534. The Balaban J connectivity index is 1.82. The molecule has 3 aliphatic carbocycles. The number of aliphatic carboxylic acids is 1. The zero-order valence-electron chi connectivity index (χ0n) is 7.12. The third-order valence-corrected chi connectivity index (χ3v) is 4.02.